The van der Waals surface area contributed by atoms with E-state index in [-0.39, 0.29) is 11.7 Å². The van der Waals surface area contributed by atoms with Crippen molar-refractivity contribution in [2.75, 3.05) is 5.32 Å². The molecule has 31 heavy (non-hydrogen) atoms. The maximum atomic E-state index is 12.9. The number of para-hydroxylation sites is 2. The third-order valence-corrected chi connectivity index (χ3v) is 5.62. The first-order valence-corrected chi connectivity index (χ1v) is 10.2. The predicted octanol–water partition coefficient (Wildman–Crippen LogP) is 5.54. The van der Waals surface area contributed by atoms with Crippen LogP contribution in [0.3, 0.4) is 0 Å². The van der Waals surface area contributed by atoms with Crippen molar-refractivity contribution < 1.29 is 9.21 Å². The predicted molar refractivity (Wildman–Crippen MR) is 121 cm³/mol. The number of H-pyrrole nitrogens is 1. The summed E-state index contributed by atoms with van der Waals surface area (Å²) in [6, 6.07) is 21.4. The maximum absolute atomic E-state index is 12.9. The Labute approximate surface area is 179 Å². The summed E-state index contributed by atoms with van der Waals surface area (Å²) >= 11 is 0. The van der Waals surface area contributed by atoms with Gasteiger partial charge in [0.2, 0.25) is 0 Å². The lowest BCUT2D eigenvalue weighted by Crippen LogP contribution is -2.16. The summed E-state index contributed by atoms with van der Waals surface area (Å²) in [5.41, 5.74) is 5.98. The molecule has 6 heteroatoms. The summed E-state index contributed by atoms with van der Waals surface area (Å²) in [5, 5.41) is 3.08. The number of hydrogen-bond acceptors (Lipinski definition) is 3. The van der Waals surface area contributed by atoms with Crippen LogP contribution >= 0.6 is 0 Å². The van der Waals surface area contributed by atoms with Gasteiger partial charge >= 0.3 is 0 Å². The Kier molecular flexibility index (Phi) is 4.67. The van der Waals surface area contributed by atoms with E-state index in [0.717, 1.165) is 39.2 Å². The van der Waals surface area contributed by atoms with Crippen LogP contribution in [-0.2, 0) is 6.54 Å². The van der Waals surface area contributed by atoms with E-state index >= 15 is 0 Å². The Balaban J connectivity index is 1.67. The number of aromatic amines is 1. The number of nitrogens with one attached hydrogen (secondary N) is 2. The molecule has 5 rings (SSSR count). The van der Waals surface area contributed by atoms with Gasteiger partial charge in [0, 0.05) is 12.2 Å². The van der Waals surface area contributed by atoms with E-state index in [1.165, 1.54) is 6.26 Å². The SMILES string of the molecule is Cc1c(-c2nc3ccccc3[nH]2)c(NC(=O)c2ccco2)n(Cc2ccccc2)c1C. The van der Waals surface area contributed by atoms with Crippen LogP contribution in [0.25, 0.3) is 22.4 Å². The molecule has 3 heterocycles. The second-order valence-electron chi connectivity index (χ2n) is 7.54. The normalized spacial score (nSPS) is 11.2. The van der Waals surface area contributed by atoms with Crippen molar-refractivity contribution in [2.24, 2.45) is 0 Å². The first-order chi connectivity index (χ1) is 15.1. The van der Waals surface area contributed by atoms with Gasteiger partial charge in [0.25, 0.3) is 5.91 Å². The highest BCUT2D eigenvalue weighted by atomic mass is 16.3. The summed E-state index contributed by atoms with van der Waals surface area (Å²) in [7, 11) is 0. The first-order valence-electron chi connectivity index (χ1n) is 10.2. The Bertz CT molecular complexity index is 1330. The summed E-state index contributed by atoms with van der Waals surface area (Å²) < 4.78 is 7.43. The largest absolute Gasteiger partial charge is 0.459 e. The van der Waals surface area contributed by atoms with E-state index < -0.39 is 0 Å². The van der Waals surface area contributed by atoms with Crippen LogP contribution in [0, 0.1) is 13.8 Å². The van der Waals surface area contributed by atoms with E-state index in [9.17, 15) is 4.79 Å². The molecule has 5 aromatic rings. The molecule has 0 aliphatic heterocycles. The quantitative estimate of drug-likeness (QED) is 0.399. The Hall–Kier alpha value is -4.06. The van der Waals surface area contributed by atoms with E-state index in [0.29, 0.717) is 12.4 Å². The molecule has 2 N–H and O–H groups in total. The Morgan fingerprint density at radius 3 is 2.55 bits per heavy atom. The van der Waals surface area contributed by atoms with Crippen molar-refractivity contribution >= 4 is 22.8 Å². The molecule has 6 nitrogen and oxygen atoms in total. The van der Waals surface area contributed by atoms with E-state index in [1.54, 1.807) is 12.1 Å². The molecule has 3 aromatic heterocycles. The van der Waals surface area contributed by atoms with E-state index in [1.807, 2.05) is 42.5 Å². The summed E-state index contributed by atoms with van der Waals surface area (Å²) in [6.07, 6.45) is 1.49. The standard InChI is InChI=1S/C25H22N4O2/c1-16-17(2)29(15-18-9-4-3-5-10-18)24(28-25(30)21-13-8-14-31-21)22(16)23-26-19-11-6-7-12-20(19)27-23/h3-14H,15H2,1-2H3,(H,26,27)(H,28,30). The number of fused-ring (bicyclic) bond motifs is 1. The molecule has 0 saturated carbocycles. The average Bonchev–Trinajstić information content (AvgIpc) is 3.51. The fourth-order valence-electron chi connectivity index (χ4n) is 3.90. The highest BCUT2D eigenvalue weighted by Gasteiger charge is 2.24. The van der Waals surface area contributed by atoms with E-state index in [2.05, 4.69) is 40.8 Å². The molecular formula is C25H22N4O2. The molecule has 0 bridgehead atoms. The van der Waals surface area contributed by atoms with Gasteiger partial charge in [-0.2, -0.15) is 0 Å². The number of carbonyl (C=O) groups excluding carboxylic acids is 1. The van der Waals surface area contributed by atoms with Gasteiger partial charge in [-0.25, -0.2) is 4.98 Å². The molecule has 154 valence electrons. The highest BCUT2D eigenvalue weighted by Crippen LogP contribution is 2.36. The van der Waals surface area contributed by atoms with Gasteiger partial charge in [-0.15, -0.1) is 0 Å². The molecule has 0 spiro atoms. The van der Waals surface area contributed by atoms with Crippen molar-refractivity contribution in [3.63, 3.8) is 0 Å². The fraction of sp³-hybridized carbons (Fsp3) is 0.120. The minimum atomic E-state index is -0.297. The van der Waals surface area contributed by atoms with Crippen LogP contribution in [0.15, 0.2) is 77.4 Å². The van der Waals surface area contributed by atoms with Crippen LogP contribution in [-0.4, -0.2) is 20.4 Å². The molecular weight excluding hydrogens is 388 g/mol. The average molecular weight is 410 g/mol. The lowest BCUT2D eigenvalue weighted by atomic mass is 10.1. The lowest BCUT2D eigenvalue weighted by molar-refractivity contribution is 0.0996. The molecule has 1 amide bonds. The van der Waals surface area contributed by atoms with Gasteiger partial charge in [-0.05, 0) is 49.2 Å². The molecule has 0 aliphatic carbocycles. The summed E-state index contributed by atoms with van der Waals surface area (Å²) in [5.74, 6) is 1.38. The molecule has 0 radical (unpaired) electrons. The maximum Gasteiger partial charge on any atom is 0.292 e. The second-order valence-corrected chi connectivity index (χ2v) is 7.54. The highest BCUT2D eigenvalue weighted by molar-refractivity contribution is 6.04. The molecule has 0 atom stereocenters. The molecule has 0 aliphatic rings. The number of hydrogen-bond donors (Lipinski definition) is 2. The number of amides is 1. The summed E-state index contributed by atoms with van der Waals surface area (Å²) in [4.78, 5) is 21.1. The van der Waals surface area contributed by atoms with Crippen molar-refractivity contribution in [3.8, 4) is 11.4 Å². The van der Waals surface area contributed by atoms with Crippen LogP contribution < -0.4 is 5.32 Å². The number of aromatic nitrogens is 3. The van der Waals surface area contributed by atoms with E-state index in [4.69, 9.17) is 9.40 Å². The minimum Gasteiger partial charge on any atom is -0.459 e. The van der Waals surface area contributed by atoms with Gasteiger partial charge in [-0.1, -0.05) is 42.5 Å². The van der Waals surface area contributed by atoms with Crippen molar-refractivity contribution in [3.05, 3.63) is 95.6 Å². The summed E-state index contributed by atoms with van der Waals surface area (Å²) in [6.45, 7) is 4.75. The van der Waals surface area contributed by atoms with Crippen LogP contribution in [0.2, 0.25) is 0 Å². The Morgan fingerprint density at radius 2 is 1.81 bits per heavy atom. The first kappa shape index (κ1) is 18.9. The number of carbonyl (C=O) groups is 1. The number of benzene rings is 2. The van der Waals surface area contributed by atoms with Crippen molar-refractivity contribution in [1.82, 2.24) is 14.5 Å². The number of rotatable bonds is 5. The second kappa shape index (κ2) is 7.65. The lowest BCUT2D eigenvalue weighted by Gasteiger charge is -2.13. The number of nitrogens with zero attached hydrogens (tertiary/aromatic N) is 2. The van der Waals surface area contributed by atoms with Crippen LogP contribution in [0.1, 0.15) is 27.4 Å². The van der Waals surface area contributed by atoms with Gasteiger partial charge in [0.15, 0.2) is 5.76 Å². The Morgan fingerprint density at radius 1 is 1.03 bits per heavy atom. The fourth-order valence-corrected chi connectivity index (χ4v) is 3.90. The number of imidazole rings is 1. The smallest absolute Gasteiger partial charge is 0.292 e. The topological polar surface area (TPSA) is 75.8 Å². The third-order valence-electron chi connectivity index (χ3n) is 5.62. The number of anilines is 1. The third kappa shape index (κ3) is 3.42. The van der Waals surface area contributed by atoms with Gasteiger partial charge in [-0.3, -0.25) is 4.79 Å². The van der Waals surface area contributed by atoms with Gasteiger partial charge in [0.05, 0.1) is 22.9 Å². The molecule has 2 aromatic carbocycles. The monoisotopic (exact) mass is 410 g/mol. The minimum absolute atomic E-state index is 0.262. The molecule has 0 saturated heterocycles. The van der Waals surface area contributed by atoms with Gasteiger partial charge in [0.1, 0.15) is 11.6 Å². The zero-order chi connectivity index (χ0) is 21.4. The van der Waals surface area contributed by atoms with Gasteiger partial charge < -0.3 is 19.3 Å². The number of furan rings is 1. The molecule has 0 fully saturated rings. The van der Waals surface area contributed by atoms with Crippen LogP contribution in [0.5, 0.6) is 0 Å². The molecule has 0 unspecified atom stereocenters. The zero-order valence-electron chi connectivity index (χ0n) is 17.3. The van der Waals surface area contributed by atoms with Crippen molar-refractivity contribution in [2.45, 2.75) is 20.4 Å². The zero-order valence-corrected chi connectivity index (χ0v) is 17.3. The van der Waals surface area contributed by atoms with Crippen molar-refractivity contribution in [1.29, 1.82) is 0 Å². The van der Waals surface area contributed by atoms with Crippen LogP contribution in [0.4, 0.5) is 5.82 Å².